The summed E-state index contributed by atoms with van der Waals surface area (Å²) in [5, 5.41) is 13.6. The Hall–Kier alpha value is -1.83. The molecule has 1 aromatic heterocycles. The number of benzene rings is 1. The van der Waals surface area contributed by atoms with Crippen molar-refractivity contribution >= 4 is 33.8 Å². The monoisotopic (exact) mass is 344 g/mol. The maximum atomic E-state index is 12.5. The lowest BCUT2D eigenvalue weighted by molar-refractivity contribution is 0.102. The quantitative estimate of drug-likeness (QED) is 0.837. The van der Waals surface area contributed by atoms with Gasteiger partial charge in [0.05, 0.1) is 5.56 Å². The molecule has 3 nitrogen and oxygen atoms in total. The van der Waals surface area contributed by atoms with Gasteiger partial charge in [-0.3, -0.25) is 4.79 Å². The van der Waals surface area contributed by atoms with E-state index in [0.717, 1.165) is 30.4 Å². The van der Waals surface area contributed by atoms with Crippen molar-refractivity contribution in [2.24, 2.45) is 5.92 Å². The number of rotatable bonds is 2. The van der Waals surface area contributed by atoms with Crippen LogP contribution in [0, 0.1) is 24.2 Å². The minimum Gasteiger partial charge on any atom is -0.312 e. The number of hydrogen-bond acceptors (Lipinski definition) is 3. The van der Waals surface area contributed by atoms with E-state index in [-0.39, 0.29) is 5.91 Å². The number of thiophene rings is 1. The Morgan fingerprint density at radius 1 is 1.48 bits per heavy atom. The Labute approximate surface area is 144 Å². The van der Waals surface area contributed by atoms with Crippen molar-refractivity contribution in [1.29, 1.82) is 5.26 Å². The topological polar surface area (TPSA) is 52.9 Å². The number of nitriles is 1. The molecule has 1 N–H and O–H groups in total. The Balaban J connectivity index is 1.89. The number of carbonyl (C=O) groups excluding carboxylic acids is 1. The normalized spacial score (nSPS) is 16.5. The average Bonchev–Trinajstić information content (AvgIpc) is 2.85. The lowest BCUT2D eigenvalue weighted by atomic mass is 9.88. The first-order valence-corrected chi connectivity index (χ1v) is 8.81. The summed E-state index contributed by atoms with van der Waals surface area (Å²) >= 11 is 7.62. The molecule has 118 valence electrons. The second kappa shape index (κ2) is 6.35. The van der Waals surface area contributed by atoms with Gasteiger partial charge in [-0.05, 0) is 55.4 Å². The van der Waals surface area contributed by atoms with Crippen molar-refractivity contribution in [3.05, 3.63) is 50.4 Å². The molecule has 1 amide bonds. The van der Waals surface area contributed by atoms with Crippen molar-refractivity contribution in [3.8, 4) is 6.07 Å². The molecule has 1 aromatic carbocycles. The molecular formula is C18H17ClN2OS. The molecule has 0 radical (unpaired) electrons. The summed E-state index contributed by atoms with van der Waals surface area (Å²) in [5.41, 5.74) is 3.18. The van der Waals surface area contributed by atoms with Crippen LogP contribution in [0.25, 0.3) is 0 Å². The number of carbonyl (C=O) groups is 1. The Morgan fingerprint density at radius 2 is 2.26 bits per heavy atom. The summed E-state index contributed by atoms with van der Waals surface area (Å²) in [6.07, 6.45) is 3.00. The lowest BCUT2D eigenvalue weighted by Crippen LogP contribution is -2.12. The minimum atomic E-state index is -0.227. The molecule has 0 saturated carbocycles. The number of anilines is 1. The summed E-state index contributed by atoms with van der Waals surface area (Å²) in [7, 11) is 0. The van der Waals surface area contributed by atoms with Crippen LogP contribution in [0.1, 0.15) is 45.3 Å². The summed E-state index contributed by atoms with van der Waals surface area (Å²) in [4.78, 5) is 13.7. The number of aryl methyl sites for hydroxylation is 1. The fraction of sp³-hybridized carbons (Fsp3) is 0.333. The van der Waals surface area contributed by atoms with Crippen molar-refractivity contribution < 1.29 is 4.79 Å². The lowest BCUT2D eigenvalue weighted by Gasteiger charge is -2.17. The number of hydrogen-bond donors (Lipinski definition) is 1. The number of halogens is 1. The zero-order chi connectivity index (χ0) is 16.6. The molecule has 1 heterocycles. The molecule has 0 aliphatic heterocycles. The van der Waals surface area contributed by atoms with Crippen LogP contribution >= 0.6 is 22.9 Å². The van der Waals surface area contributed by atoms with Crippen molar-refractivity contribution in [3.63, 3.8) is 0 Å². The molecule has 0 spiro atoms. The number of fused-ring (bicyclic) bond motifs is 1. The highest BCUT2D eigenvalue weighted by atomic mass is 35.5. The summed E-state index contributed by atoms with van der Waals surface area (Å²) in [6, 6.07) is 7.50. The minimum absolute atomic E-state index is 0.227. The van der Waals surface area contributed by atoms with Crippen molar-refractivity contribution in [2.75, 3.05) is 5.32 Å². The predicted octanol–water partition coefficient (Wildman–Crippen LogP) is 4.96. The predicted molar refractivity (Wildman–Crippen MR) is 94.4 cm³/mol. The zero-order valence-electron chi connectivity index (χ0n) is 13.1. The maximum absolute atomic E-state index is 12.5. The van der Waals surface area contributed by atoms with Crippen LogP contribution in [0.4, 0.5) is 5.00 Å². The highest BCUT2D eigenvalue weighted by molar-refractivity contribution is 7.16. The van der Waals surface area contributed by atoms with Gasteiger partial charge in [0.25, 0.3) is 5.91 Å². The van der Waals surface area contributed by atoms with Gasteiger partial charge in [0, 0.05) is 15.5 Å². The van der Waals surface area contributed by atoms with Crippen LogP contribution in [0.2, 0.25) is 5.02 Å². The van der Waals surface area contributed by atoms with Gasteiger partial charge in [0.1, 0.15) is 11.1 Å². The largest absolute Gasteiger partial charge is 0.312 e. The van der Waals surface area contributed by atoms with Gasteiger partial charge < -0.3 is 5.32 Å². The third-order valence-corrected chi connectivity index (χ3v) is 5.86. The highest BCUT2D eigenvalue weighted by Crippen LogP contribution is 2.39. The standard InChI is InChI=1S/C18H17ClN2OS/c1-10-3-6-13-14(9-20)18(23-16(13)7-10)21-17(22)12-5-4-11(2)15(19)8-12/h4-5,8,10H,3,6-7H2,1-2H3,(H,21,22)/t10-/m0/s1. The maximum Gasteiger partial charge on any atom is 0.256 e. The Morgan fingerprint density at radius 3 is 2.96 bits per heavy atom. The smallest absolute Gasteiger partial charge is 0.256 e. The highest BCUT2D eigenvalue weighted by Gasteiger charge is 2.24. The van der Waals surface area contributed by atoms with E-state index in [9.17, 15) is 10.1 Å². The van der Waals surface area contributed by atoms with Crippen LogP contribution in [-0.2, 0) is 12.8 Å². The first-order valence-electron chi connectivity index (χ1n) is 7.61. The summed E-state index contributed by atoms with van der Waals surface area (Å²) < 4.78 is 0. The third kappa shape index (κ3) is 3.12. The van der Waals surface area contributed by atoms with Crippen LogP contribution < -0.4 is 5.32 Å². The fourth-order valence-corrected chi connectivity index (χ4v) is 4.40. The molecule has 5 heteroatoms. The van der Waals surface area contributed by atoms with E-state index in [1.54, 1.807) is 12.1 Å². The van der Waals surface area contributed by atoms with Crippen LogP contribution in [0.15, 0.2) is 18.2 Å². The van der Waals surface area contributed by atoms with E-state index in [4.69, 9.17) is 11.6 Å². The molecule has 1 aliphatic carbocycles. The molecule has 0 unspecified atom stereocenters. The van der Waals surface area contributed by atoms with Gasteiger partial charge in [-0.1, -0.05) is 24.6 Å². The molecule has 0 fully saturated rings. The van der Waals surface area contributed by atoms with Crippen molar-refractivity contribution in [1.82, 2.24) is 0 Å². The fourth-order valence-electron chi connectivity index (χ4n) is 2.87. The Bertz CT molecular complexity index is 819. The Kier molecular flexibility index (Phi) is 4.43. The number of nitrogens with zero attached hydrogens (tertiary/aromatic N) is 1. The number of nitrogens with one attached hydrogen (secondary N) is 1. The van der Waals surface area contributed by atoms with Crippen LogP contribution in [0.3, 0.4) is 0 Å². The van der Waals surface area contributed by atoms with E-state index >= 15 is 0 Å². The van der Waals surface area contributed by atoms with Gasteiger partial charge in [0.2, 0.25) is 0 Å². The second-order valence-electron chi connectivity index (χ2n) is 6.09. The first kappa shape index (κ1) is 16.0. The molecule has 1 atom stereocenters. The van der Waals surface area contributed by atoms with E-state index in [2.05, 4.69) is 18.3 Å². The first-order chi connectivity index (χ1) is 11.0. The third-order valence-electron chi connectivity index (χ3n) is 4.28. The molecule has 3 rings (SSSR count). The van der Waals surface area contributed by atoms with Gasteiger partial charge in [-0.25, -0.2) is 0 Å². The summed E-state index contributed by atoms with van der Waals surface area (Å²) in [5.74, 6) is 0.405. The molecule has 2 aromatic rings. The van der Waals surface area contributed by atoms with Gasteiger partial charge in [-0.2, -0.15) is 5.26 Å². The molecule has 0 bridgehead atoms. The van der Waals surface area contributed by atoms with Crippen molar-refractivity contribution in [2.45, 2.75) is 33.1 Å². The van der Waals surface area contributed by atoms with Gasteiger partial charge >= 0.3 is 0 Å². The second-order valence-corrected chi connectivity index (χ2v) is 7.60. The molecule has 1 aliphatic rings. The SMILES string of the molecule is Cc1ccc(C(=O)Nc2sc3c(c2C#N)CC[C@H](C)C3)cc1Cl. The molecule has 23 heavy (non-hydrogen) atoms. The van der Waals surface area contributed by atoms with Gasteiger partial charge in [0.15, 0.2) is 0 Å². The van der Waals surface area contributed by atoms with E-state index in [1.807, 2.05) is 13.0 Å². The zero-order valence-corrected chi connectivity index (χ0v) is 14.6. The van der Waals surface area contributed by atoms with Crippen LogP contribution in [-0.4, -0.2) is 5.91 Å². The number of amides is 1. The average molecular weight is 345 g/mol. The summed E-state index contributed by atoms with van der Waals surface area (Å²) in [6.45, 7) is 4.12. The molecular weight excluding hydrogens is 328 g/mol. The van der Waals surface area contributed by atoms with Gasteiger partial charge in [-0.15, -0.1) is 11.3 Å². The van der Waals surface area contributed by atoms with E-state index in [0.29, 0.717) is 27.1 Å². The molecule has 0 saturated heterocycles. The van der Waals surface area contributed by atoms with E-state index in [1.165, 1.54) is 16.2 Å². The van der Waals surface area contributed by atoms with Crippen LogP contribution in [0.5, 0.6) is 0 Å². The van der Waals surface area contributed by atoms with E-state index < -0.39 is 0 Å².